The van der Waals surface area contributed by atoms with Gasteiger partial charge < -0.3 is 0 Å². The predicted octanol–water partition coefficient (Wildman–Crippen LogP) is -2.05. The molecule has 0 bridgehead atoms. The molecule has 0 aromatic rings. The molecule has 25 valence electrons. The molecule has 0 amide bonds. The van der Waals surface area contributed by atoms with Gasteiger partial charge in [-0.1, -0.05) is 0 Å². The van der Waals surface area contributed by atoms with Crippen LogP contribution in [0, 0.1) is 0 Å². The van der Waals surface area contributed by atoms with Gasteiger partial charge in [-0.3, -0.25) is 0 Å². The Bertz CT molecular complexity index is 8.00. The van der Waals surface area contributed by atoms with Gasteiger partial charge in [0, 0.05) is 0 Å². The molecule has 0 saturated heterocycles. The van der Waals surface area contributed by atoms with E-state index in [-0.39, 0.29) is 0 Å². The molecule has 0 heterocycles. The van der Waals surface area contributed by atoms with E-state index in [1.165, 1.54) is 0 Å². The zero-order chi connectivity index (χ0) is 3.58. The third-order valence-electron chi connectivity index (χ3n) is 0. The quantitative estimate of drug-likeness (QED) is 0.325. The Morgan fingerprint density at radius 3 is 1.00 bits per heavy atom. The molecule has 1 radical (unpaired) electrons. The van der Waals surface area contributed by atoms with Crippen molar-refractivity contribution in [2.24, 2.45) is 0 Å². The molecule has 0 aliphatic rings. The van der Waals surface area contributed by atoms with Crippen LogP contribution in [0.2, 0.25) is 0 Å². The van der Waals surface area contributed by atoms with E-state index in [4.69, 9.17) is 12.4 Å². The average Bonchev–Trinajstić information content (AvgIpc) is 0.811. The molecule has 4 heavy (non-hydrogen) atoms. The molecule has 0 rings (SSSR count). The van der Waals surface area contributed by atoms with Crippen molar-refractivity contribution >= 4 is 15.4 Å². The van der Waals surface area contributed by atoms with Gasteiger partial charge in [-0.2, -0.15) is 0 Å². The van der Waals surface area contributed by atoms with E-state index in [2.05, 4.69) is 0 Å². The maximum absolute atomic E-state index is 7.33. The fourth-order valence-corrected chi connectivity index (χ4v) is 0. The Hall–Kier alpha value is 0.423. The first kappa shape index (κ1) is 4.42. The molecule has 0 saturated carbocycles. The third-order valence-corrected chi connectivity index (χ3v) is 0. The minimum absolute atomic E-state index is 3.33. The standard InChI is InChI=1S/GeH3O3/c2-1(3)4/h2-4H. The van der Waals surface area contributed by atoms with Crippen LogP contribution in [0.15, 0.2) is 0 Å². The molecule has 4 heteroatoms. The maximum atomic E-state index is 7.33. The van der Waals surface area contributed by atoms with Crippen LogP contribution in [0.4, 0.5) is 0 Å². The average molecular weight is 124 g/mol. The first-order valence-corrected chi connectivity index (χ1v) is 3.49. The Morgan fingerprint density at radius 1 is 1.00 bits per heavy atom. The van der Waals surface area contributed by atoms with Crippen molar-refractivity contribution in [2.75, 3.05) is 0 Å². The molecule has 3 nitrogen and oxygen atoms in total. The number of hydrogen-bond donors (Lipinski definition) is 3. The van der Waals surface area contributed by atoms with E-state index in [0.717, 1.165) is 0 Å². The summed E-state index contributed by atoms with van der Waals surface area (Å²) in [5, 5.41) is 0. The molecule has 0 atom stereocenters. The number of rotatable bonds is 0. The van der Waals surface area contributed by atoms with Gasteiger partial charge in [-0.15, -0.1) is 0 Å². The summed E-state index contributed by atoms with van der Waals surface area (Å²) in [7, 11) is 0. The zero-order valence-electron chi connectivity index (χ0n) is 1.84. The Morgan fingerprint density at radius 2 is 1.00 bits per heavy atom. The van der Waals surface area contributed by atoms with Crippen LogP contribution < -0.4 is 0 Å². The summed E-state index contributed by atoms with van der Waals surface area (Å²) in [4.78, 5) is 0. The van der Waals surface area contributed by atoms with E-state index in [0.29, 0.717) is 0 Å². The first-order valence-electron chi connectivity index (χ1n) is 0.671. The molecular weight excluding hydrogens is 121 g/mol. The van der Waals surface area contributed by atoms with Crippen molar-refractivity contribution in [3.8, 4) is 0 Å². The summed E-state index contributed by atoms with van der Waals surface area (Å²) >= 11 is -3.33. The van der Waals surface area contributed by atoms with Gasteiger partial charge in [0.25, 0.3) is 0 Å². The van der Waals surface area contributed by atoms with E-state index in [9.17, 15) is 0 Å². The van der Waals surface area contributed by atoms with E-state index < -0.39 is 15.4 Å². The summed E-state index contributed by atoms with van der Waals surface area (Å²) in [6.07, 6.45) is 0. The van der Waals surface area contributed by atoms with E-state index in [1.807, 2.05) is 0 Å². The minimum atomic E-state index is -3.33. The van der Waals surface area contributed by atoms with Gasteiger partial charge in [-0.05, 0) is 0 Å². The van der Waals surface area contributed by atoms with Crippen LogP contribution in [-0.4, -0.2) is 27.8 Å². The fourth-order valence-electron chi connectivity index (χ4n) is 0. The molecule has 0 aromatic heterocycles. The summed E-state index contributed by atoms with van der Waals surface area (Å²) < 4.78 is 22.0. The van der Waals surface area contributed by atoms with Crippen molar-refractivity contribution in [3.05, 3.63) is 0 Å². The topological polar surface area (TPSA) is 60.7 Å². The van der Waals surface area contributed by atoms with Crippen molar-refractivity contribution in [1.29, 1.82) is 0 Å². The van der Waals surface area contributed by atoms with Crippen LogP contribution in [0.25, 0.3) is 0 Å². The summed E-state index contributed by atoms with van der Waals surface area (Å²) in [6.45, 7) is 0. The van der Waals surface area contributed by atoms with Crippen LogP contribution >= 0.6 is 0 Å². The van der Waals surface area contributed by atoms with Crippen molar-refractivity contribution in [2.45, 2.75) is 0 Å². The van der Waals surface area contributed by atoms with Gasteiger partial charge in [0.05, 0.1) is 0 Å². The molecule has 0 spiro atoms. The Labute approximate surface area is 28.6 Å². The third kappa shape index (κ3) is 27.4. The Kier molecular flexibility index (Phi) is 1.90. The van der Waals surface area contributed by atoms with Crippen molar-refractivity contribution in [3.63, 3.8) is 0 Å². The van der Waals surface area contributed by atoms with Gasteiger partial charge >= 0.3 is 27.8 Å². The number of hydrogen-bond acceptors (Lipinski definition) is 3. The van der Waals surface area contributed by atoms with Gasteiger partial charge in [-0.25, -0.2) is 0 Å². The molecule has 0 aromatic carbocycles. The second-order valence-corrected chi connectivity index (χ2v) is 1.56. The van der Waals surface area contributed by atoms with Gasteiger partial charge in [0.2, 0.25) is 0 Å². The van der Waals surface area contributed by atoms with Crippen LogP contribution in [0.5, 0.6) is 0 Å². The molecular formula is H3GeO3. The van der Waals surface area contributed by atoms with Gasteiger partial charge in [0.15, 0.2) is 0 Å². The molecule has 3 N–H and O–H groups in total. The normalized spacial score (nSPS) is 9.00. The second-order valence-electron chi connectivity index (χ2n) is 0.300. The molecule has 0 aliphatic carbocycles. The van der Waals surface area contributed by atoms with Crippen LogP contribution in [0.3, 0.4) is 0 Å². The van der Waals surface area contributed by atoms with Crippen molar-refractivity contribution < 1.29 is 12.4 Å². The van der Waals surface area contributed by atoms with Gasteiger partial charge in [0.1, 0.15) is 0 Å². The zero-order valence-corrected chi connectivity index (χ0v) is 3.94. The summed E-state index contributed by atoms with van der Waals surface area (Å²) in [6, 6.07) is 0. The first-order chi connectivity index (χ1) is 1.73. The van der Waals surface area contributed by atoms with Crippen LogP contribution in [0.1, 0.15) is 0 Å². The molecule has 0 aliphatic heterocycles. The van der Waals surface area contributed by atoms with E-state index >= 15 is 0 Å². The SMILES string of the molecule is [OH][Ge]([OH])[OH]. The Balaban J connectivity index is 2.32. The van der Waals surface area contributed by atoms with E-state index in [1.54, 1.807) is 0 Å². The molecule has 0 unspecified atom stereocenters. The summed E-state index contributed by atoms with van der Waals surface area (Å²) in [5.74, 6) is 0. The fraction of sp³-hybridized carbons (Fsp3) is 0. The predicted molar refractivity (Wildman–Crippen MR) is 12.4 cm³/mol. The monoisotopic (exact) mass is 125 g/mol. The summed E-state index contributed by atoms with van der Waals surface area (Å²) in [5.41, 5.74) is 0. The second kappa shape index (κ2) is 1.72. The van der Waals surface area contributed by atoms with Crippen molar-refractivity contribution in [1.82, 2.24) is 0 Å². The van der Waals surface area contributed by atoms with Crippen LogP contribution in [-0.2, 0) is 0 Å². The molecule has 0 fully saturated rings.